The van der Waals surface area contributed by atoms with E-state index >= 15 is 0 Å². The van der Waals surface area contributed by atoms with Gasteiger partial charge in [-0.2, -0.15) is 5.10 Å². The van der Waals surface area contributed by atoms with Gasteiger partial charge < -0.3 is 16.0 Å². The zero-order chi connectivity index (χ0) is 12.7. The first-order valence-corrected chi connectivity index (χ1v) is 7.66. The van der Waals surface area contributed by atoms with Crippen molar-refractivity contribution in [2.75, 3.05) is 38.0 Å². The Kier molecular flexibility index (Phi) is 2.96. The molecule has 1 aromatic rings. The highest BCUT2D eigenvalue weighted by Gasteiger charge is 2.33. The molecule has 5 nitrogen and oxygen atoms in total. The zero-order valence-electron chi connectivity index (χ0n) is 11.4. The first-order chi connectivity index (χ1) is 9.42. The minimum Gasteiger partial charge on any atom is -0.370 e. The van der Waals surface area contributed by atoms with Gasteiger partial charge in [0.2, 0.25) is 0 Å². The van der Waals surface area contributed by atoms with E-state index in [-0.39, 0.29) is 0 Å². The summed E-state index contributed by atoms with van der Waals surface area (Å²) in [5.74, 6) is 2.60. The first kappa shape index (κ1) is 11.7. The average molecular weight is 261 g/mol. The molecule has 0 radical (unpaired) electrons. The molecule has 0 spiro atoms. The summed E-state index contributed by atoms with van der Waals surface area (Å²) in [5.41, 5.74) is 1.31. The van der Waals surface area contributed by atoms with E-state index in [0.717, 1.165) is 32.7 Å². The van der Waals surface area contributed by atoms with Gasteiger partial charge in [-0.05, 0) is 38.9 Å². The Morgan fingerprint density at radius 2 is 1.89 bits per heavy atom. The number of piperidine rings is 2. The Morgan fingerprint density at radius 3 is 2.79 bits per heavy atom. The Balaban J connectivity index is 1.61. The molecule has 0 bridgehead atoms. The first-order valence-electron chi connectivity index (χ1n) is 7.66. The van der Waals surface area contributed by atoms with Gasteiger partial charge in [0, 0.05) is 31.0 Å². The van der Waals surface area contributed by atoms with Crippen LogP contribution in [0.4, 0.5) is 5.82 Å². The average Bonchev–Trinajstić information content (AvgIpc) is 2.93. The summed E-state index contributed by atoms with van der Waals surface area (Å²) < 4.78 is 2.28. The van der Waals surface area contributed by atoms with E-state index in [2.05, 4.69) is 26.7 Å². The predicted octanol–water partition coefficient (Wildman–Crippen LogP) is 0.926. The molecule has 2 saturated heterocycles. The van der Waals surface area contributed by atoms with Crippen LogP contribution in [0.2, 0.25) is 0 Å². The van der Waals surface area contributed by atoms with Crippen LogP contribution in [0.5, 0.6) is 0 Å². The minimum atomic E-state index is 0.605. The third-order valence-electron chi connectivity index (χ3n) is 4.94. The van der Waals surface area contributed by atoms with Gasteiger partial charge in [-0.15, -0.1) is 0 Å². The quantitative estimate of drug-likeness (QED) is 0.704. The molecular formula is C14H23N5. The van der Waals surface area contributed by atoms with Crippen LogP contribution >= 0.6 is 0 Å². The normalized spacial score (nSPS) is 31.4. The molecule has 4 heterocycles. The number of nitrogens with one attached hydrogen (secondary N) is 3. The van der Waals surface area contributed by atoms with Crippen LogP contribution in [0.25, 0.3) is 0 Å². The van der Waals surface area contributed by atoms with Crippen molar-refractivity contribution in [3.8, 4) is 0 Å². The predicted molar refractivity (Wildman–Crippen MR) is 75.6 cm³/mol. The van der Waals surface area contributed by atoms with E-state index in [1.54, 1.807) is 0 Å². The van der Waals surface area contributed by atoms with Gasteiger partial charge in [0.05, 0.1) is 11.7 Å². The summed E-state index contributed by atoms with van der Waals surface area (Å²) in [5, 5.41) is 15.5. The molecule has 3 aliphatic rings. The SMILES string of the molecule is c1c(C2CCNCC2)nn2c1NCC1CNCCC12. The number of hydrogen-bond donors (Lipinski definition) is 3. The Labute approximate surface area is 114 Å². The van der Waals surface area contributed by atoms with E-state index in [0.29, 0.717) is 17.9 Å². The fourth-order valence-corrected chi connectivity index (χ4v) is 3.79. The van der Waals surface area contributed by atoms with Crippen LogP contribution in [0, 0.1) is 5.92 Å². The fraction of sp³-hybridized carbons (Fsp3) is 0.786. The second-order valence-corrected chi connectivity index (χ2v) is 6.12. The summed E-state index contributed by atoms with van der Waals surface area (Å²) >= 11 is 0. The van der Waals surface area contributed by atoms with Gasteiger partial charge >= 0.3 is 0 Å². The lowest BCUT2D eigenvalue weighted by Gasteiger charge is -2.37. The van der Waals surface area contributed by atoms with Crippen LogP contribution in [0.15, 0.2) is 6.07 Å². The second-order valence-electron chi connectivity index (χ2n) is 6.12. The minimum absolute atomic E-state index is 0.605. The van der Waals surface area contributed by atoms with Crippen molar-refractivity contribution in [1.29, 1.82) is 0 Å². The molecule has 0 aromatic carbocycles. The van der Waals surface area contributed by atoms with Crippen molar-refractivity contribution in [3.63, 3.8) is 0 Å². The summed E-state index contributed by atoms with van der Waals surface area (Å²) in [6, 6.07) is 2.90. The van der Waals surface area contributed by atoms with Gasteiger partial charge in [0.25, 0.3) is 0 Å². The smallest absolute Gasteiger partial charge is 0.124 e. The molecule has 2 unspecified atom stereocenters. The van der Waals surface area contributed by atoms with Crippen LogP contribution in [0.1, 0.15) is 36.9 Å². The number of fused-ring (bicyclic) bond motifs is 3. The van der Waals surface area contributed by atoms with Gasteiger partial charge in [-0.1, -0.05) is 0 Å². The Hall–Kier alpha value is -1.07. The molecule has 1 aromatic heterocycles. The van der Waals surface area contributed by atoms with E-state index in [1.165, 1.54) is 30.8 Å². The molecule has 104 valence electrons. The largest absolute Gasteiger partial charge is 0.370 e. The lowest BCUT2D eigenvalue weighted by atomic mass is 9.92. The second kappa shape index (κ2) is 4.80. The topological polar surface area (TPSA) is 53.9 Å². The molecule has 2 atom stereocenters. The van der Waals surface area contributed by atoms with Crippen molar-refractivity contribution < 1.29 is 0 Å². The number of aromatic nitrogens is 2. The van der Waals surface area contributed by atoms with Crippen LogP contribution in [0.3, 0.4) is 0 Å². The van der Waals surface area contributed by atoms with Crippen molar-refractivity contribution in [1.82, 2.24) is 20.4 Å². The number of anilines is 1. The van der Waals surface area contributed by atoms with Crippen molar-refractivity contribution in [2.24, 2.45) is 5.92 Å². The standard InChI is InChI=1S/C14H23N5/c1-4-15-5-2-10(1)12-7-14-17-9-11-8-16-6-3-13(11)19(14)18-12/h7,10-11,13,15-17H,1-6,8-9H2. The molecule has 0 amide bonds. The van der Waals surface area contributed by atoms with Crippen molar-refractivity contribution in [2.45, 2.75) is 31.2 Å². The third kappa shape index (κ3) is 2.05. The van der Waals surface area contributed by atoms with Gasteiger partial charge in [-0.25, -0.2) is 4.68 Å². The highest BCUT2D eigenvalue weighted by molar-refractivity contribution is 5.41. The van der Waals surface area contributed by atoms with Gasteiger partial charge in [0.1, 0.15) is 5.82 Å². The van der Waals surface area contributed by atoms with Crippen LogP contribution in [-0.4, -0.2) is 42.5 Å². The summed E-state index contributed by atoms with van der Waals surface area (Å²) in [7, 11) is 0. The lowest BCUT2D eigenvalue weighted by molar-refractivity contribution is 0.236. The molecule has 5 heteroatoms. The van der Waals surface area contributed by atoms with E-state index in [1.807, 2.05) is 0 Å². The van der Waals surface area contributed by atoms with Crippen LogP contribution in [-0.2, 0) is 0 Å². The molecule has 4 rings (SSSR count). The third-order valence-corrected chi connectivity index (χ3v) is 4.94. The lowest BCUT2D eigenvalue weighted by Crippen LogP contribution is -2.44. The summed E-state index contributed by atoms with van der Waals surface area (Å²) in [4.78, 5) is 0. The van der Waals surface area contributed by atoms with E-state index < -0.39 is 0 Å². The molecule has 0 saturated carbocycles. The summed E-state index contributed by atoms with van der Waals surface area (Å²) in [6.45, 7) is 5.62. The van der Waals surface area contributed by atoms with Crippen molar-refractivity contribution in [3.05, 3.63) is 11.8 Å². The maximum atomic E-state index is 4.96. The number of nitrogens with zero attached hydrogens (tertiary/aromatic N) is 2. The zero-order valence-corrected chi connectivity index (χ0v) is 11.4. The molecule has 2 fully saturated rings. The molecule has 3 aliphatic heterocycles. The molecule has 3 N–H and O–H groups in total. The highest BCUT2D eigenvalue weighted by atomic mass is 15.4. The number of rotatable bonds is 1. The van der Waals surface area contributed by atoms with Gasteiger partial charge in [-0.3, -0.25) is 0 Å². The van der Waals surface area contributed by atoms with Crippen LogP contribution < -0.4 is 16.0 Å². The summed E-state index contributed by atoms with van der Waals surface area (Å²) in [6.07, 6.45) is 3.67. The molecule has 19 heavy (non-hydrogen) atoms. The monoisotopic (exact) mass is 261 g/mol. The number of hydrogen-bond acceptors (Lipinski definition) is 4. The van der Waals surface area contributed by atoms with Gasteiger partial charge in [0.15, 0.2) is 0 Å². The maximum Gasteiger partial charge on any atom is 0.124 e. The molecular weight excluding hydrogens is 238 g/mol. The maximum absolute atomic E-state index is 4.96. The Morgan fingerprint density at radius 1 is 1.05 bits per heavy atom. The molecule has 0 aliphatic carbocycles. The van der Waals surface area contributed by atoms with Crippen molar-refractivity contribution >= 4 is 5.82 Å². The highest BCUT2D eigenvalue weighted by Crippen LogP contribution is 2.35. The van der Waals surface area contributed by atoms with E-state index in [9.17, 15) is 0 Å². The van der Waals surface area contributed by atoms with E-state index in [4.69, 9.17) is 5.10 Å². The fourth-order valence-electron chi connectivity index (χ4n) is 3.79. The Bertz CT molecular complexity index is 449.